The minimum Gasteiger partial charge on any atom is -0.458 e. The van der Waals surface area contributed by atoms with E-state index < -0.39 is 17.4 Å². The van der Waals surface area contributed by atoms with E-state index in [0.717, 1.165) is 30.5 Å². The van der Waals surface area contributed by atoms with Crippen LogP contribution in [0.3, 0.4) is 0 Å². The fraction of sp³-hybridized carbons (Fsp3) is 0.643. The number of carbonyl (C=O) groups is 2. The number of cyclic esters (lactones) is 1. The second-order valence-electron chi connectivity index (χ2n) is 11.3. The number of aliphatic hydroxyl groups excluding tert-OH is 1. The van der Waals surface area contributed by atoms with Gasteiger partial charge in [-0.05, 0) is 50.0 Å². The van der Waals surface area contributed by atoms with E-state index in [9.17, 15) is 14.7 Å². The number of fused-ring (bicyclic) bond motifs is 1. The molecule has 9 heteroatoms. The zero-order chi connectivity index (χ0) is 26.6. The van der Waals surface area contributed by atoms with Crippen molar-refractivity contribution in [3.05, 3.63) is 42.0 Å². The fourth-order valence-corrected chi connectivity index (χ4v) is 5.20. The Morgan fingerprint density at radius 1 is 1.22 bits per heavy atom. The number of nitrogens with one attached hydrogen (secondary N) is 1. The number of ketones is 1. The van der Waals surface area contributed by atoms with Crippen molar-refractivity contribution in [3.63, 3.8) is 0 Å². The molecule has 37 heavy (non-hydrogen) atoms. The van der Waals surface area contributed by atoms with E-state index >= 15 is 0 Å². The van der Waals surface area contributed by atoms with E-state index in [0.29, 0.717) is 38.0 Å². The third-order valence-corrected chi connectivity index (χ3v) is 7.82. The van der Waals surface area contributed by atoms with Gasteiger partial charge in [-0.25, -0.2) is 0 Å². The molecule has 2 aliphatic heterocycles. The molecule has 0 spiro atoms. The summed E-state index contributed by atoms with van der Waals surface area (Å²) in [7, 11) is 0. The third kappa shape index (κ3) is 7.38. The number of nitrogens with zero attached hydrogens (tertiary/aromatic N) is 4. The average Bonchev–Trinajstić information content (AvgIpc) is 3.19. The van der Waals surface area contributed by atoms with Gasteiger partial charge < -0.3 is 15.2 Å². The first-order valence-corrected chi connectivity index (χ1v) is 13.5. The SMILES string of the molecule is C/C(=C\c1ccn(Cn2cccn2)n1)C1CC2NC2CCCCC(O)[C@@H](C)C(=O)C(C)(C)CCC(=O)O1. The number of Topliss-reactive ketones (excluding diaryl/α,β-unsaturated/α-hetero) is 1. The summed E-state index contributed by atoms with van der Waals surface area (Å²) in [4.78, 5) is 26.0. The second-order valence-corrected chi connectivity index (χ2v) is 11.3. The van der Waals surface area contributed by atoms with Gasteiger partial charge in [0.25, 0.3) is 0 Å². The molecule has 4 heterocycles. The van der Waals surface area contributed by atoms with Crippen LogP contribution in [0.25, 0.3) is 6.08 Å². The van der Waals surface area contributed by atoms with Gasteiger partial charge in [0.05, 0.1) is 11.8 Å². The van der Waals surface area contributed by atoms with Crippen LogP contribution in [0, 0.1) is 11.3 Å². The van der Waals surface area contributed by atoms with Crippen molar-refractivity contribution in [3.8, 4) is 0 Å². The number of rotatable bonds is 4. The highest BCUT2D eigenvalue weighted by molar-refractivity contribution is 5.87. The van der Waals surface area contributed by atoms with E-state index in [2.05, 4.69) is 15.5 Å². The van der Waals surface area contributed by atoms with Crippen LogP contribution in [-0.4, -0.2) is 60.7 Å². The van der Waals surface area contributed by atoms with Gasteiger partial charge in [0.2, 0.25) is 0 Å². The monoisotopic (exact) mass is 511 g/mol. The van der Waals surface area contributed by atoms with Gasteiger partial charge in [-0.15, -0.1) is 0 Å². The molecule has 2 fully saturated rings. The zero-order valence-electron chi connectivity index (χ0n) is 22.5. The molecule has 0 amide bonds. The van der Waals surface area contributed by atoms with Gasteiger partial charge >= 0.3 is 5.97 Å². The summed E-state index contributed by atoms with van der Waals surface area (Å²) >= 11 is 0. The number of hydrogen-bond donors (Lipinski definition) is 2. The Kier molecular flexibility index (Phi) is 8.64. The van der Waals surface area contributed by atoms with Crippen molar-refractivity contribution in [2.45, 2.75) is 104 Å². The lowest BCUT2D eigenvalue weighted by Crippen LogP contribution is -2.36. The van der Waals surface area contributed by atoms with Gasteiger partial charge in [0, 0.05) is 54.8 Å². The summed E-state index contributed by atoms with van der Waals surface area (Å²) in [6, 6.07) is 4.50. The standard InChI is InChI=1S/C28H41N5O4/c1-19(16-21-11-15-33(31-21)18-32-14-7-13-29-32)25-17-23-22(30-23)8-5-6-9-24(34)20(2)27(36)28(3,4)12-10-26(35)37-25/h7,11,13-16,20,22-25,30,34H,5-6,8-10,12,17-18H2,1-4H3/b19-16+/t20-,22?,23?,24?,25?/m1/s1. The van der Waals surface area contributed by atoms with E-state index in [4.69, 9.17) is 4.74 Å². The predicted octanol–water partition coefficient (Wildman–Crippen LogP) is 3.58. The van der Waals surface area contributed by atoms with Crippen LogP contribution >= 0.6 is 0 Å². The molecule has 4 rings (SSSR count). The van der Waals surface area contributed by atoms with E-state index in [-0.39, 0.29) is 24.3 Å². The number of aliphatic hydroxyl groups is 1. The molecule has 2 aromatic rings. The maximum Gasteiger partial charge on any atom is 0.306 e. The lowest BCUT2D eigenvalue weighted by molar-refractivity contribution is -0.148. The minimum atomic E-state index is -0.707. The van der Waals surface area contributed by atoms with Crippen molar-refractivity contribution >= 4 is 17.8 Å². The molecule has 2 aliphatic rings. The molecule has 202 valence electrons. The van der Waals surface area contributed by atoms with Crippen LogP contribution < -0.4 is 5.32 Å². The smallest absolute Gasteiger partial charge is 0.306 e. The summed E-state index contributed by atoms with van der Waals surface area (Å²) in [6.45, 7) is 8.02. The molecule has 2 N–H and O–H groups in total. The highest BCUT2D eigenvalue weighted by Crippen LogP contribution is 2.32. The first-order chi connectivity index (χ1) is 17.6. The minimum absolute atomic E-state index is 0.00198. The highest BCUT2D eigenvalue weighted by atomic mass is 16.5. The van der Waals surface area contributed by atoms with Crippen molar-refractivity contribution in [1.82, 2.24) is 24.9 Å². The quantitative estimate of drug-likeness (QED) is 0.475. The summed E-state index contributed by atoms with van der Waals surface area (Å²) in [5, 5.41) is 22.9. The molecule has 2 saturated heterocycles. The van der Waals surface area contributed by atoms with Gasteiger partial charge in [-0.2, -0.15) is 10.2 Å². The van der Waals surface area contributed by atoms with Crippen molar-refractivity contribution < 1.29 is 19.4 Å². The molecule has 0 saturated carbocycles. The van der Waals surface area contributed by atoms with Crippen LogP contribution in [-0.2, 0) is 21.0 Å². The molecule has 5 atom stereocenters. The maximum atomic E-state index is 13.1. The lowest BCUT2D eigenvalue weighted by atomic mass is 9.76. The van der Waals surface area contributed by atoms with Crippen LogP contribution in [0.5, 0.6) is 0 Å². The number of aromatic nitrogens is 4. The van der Waals surface area contributed by atoms with Crippen molar-refractivity contribution in [2.24, 2.45) is 11.3 Å². The molecule has 4 unspecified atom stereocenters. The average molecular weight is 512 g/mol. The number of hydrogen-bond acceptors (Lipinski definition) is 7. The van der Waals surface area contributed by atoms with Crippen LogP contribution in [0.15, 0.2) is 36.3 Å². The lowest BCUT2D eigenvalue weighted by Gasteiger charge is -2.29. The first-order valence-electron chi connectivity index (χ1n) is 13.5. The molecule has 2 aromatic heterocycles. The molecular formula is C28H41N5O4. The Hall–Kier alpha value is -2.78. The van der Waals surface area contributed by atoms with Gasteiger partial charge in [-0.3, -0.25) is 19.0 Å². The molecule has 0 bridgehead atoms. The molecule has 0 radical (unpaired) electrons. The van der Waals surface area contributed by atoms with Crippen LogP contribution in [0.4, 0.5) is 0 Å². The maximum absolute atomic E-state index is 13.1. The van der Waals surface area contributed by atoms with Crippen LogP contribution in [0.1, 0.15) is 78.3 Å². The van der Waals surface area contributed by atoms with Crippen molar-refractivity contribution in [1.29, 1.82) is 0 Å². The Morgan fingerprint density at radius 3 is 2.76 bits per heavy atom. The Bertz CT molecular complexity index is 1090. The second kappa shape index (κ2) is 11.7. The van der Waals surface area contributed by atoms with E-state index in [1.807, 2.05) is 56.1 Å². The zero-order valence-corrected chi connectivity index (χ0v) is 22.5. The summed E-state index contributed by atoms with van der Waals surface area (Å²) < 4.78 is 9.60. The summed E-state index contributed by atoms with van der Waals surface area (Å²) in [5.74, 6) is -0.751. The first kappa shape index (κ1) is 27.3. The fourth-order valence-electron chi connectivity index (χ4n) is 5.20. The Balaban J connectivity index is 1.46. The van der Waals surface area contributed by atoms with Crippen LogP contribution in [0.2, 0.25) is 0 Å². The third-order valence-electron chi connectivity index (χ3n) is 7.82. The van der Waals surface area contributed by atoms with Crippen molar-refractivity contribution in [2.75, 3.05) is 0 Å². The molecular weight excluding hydrogens is 470 g/mol. The largest absolute Gasteiger partial charge is 0.458 e. The number of ether oxygens (including phenoxy) is 1. The Labute approximate surface area is 219 Å². The number of esters is 1. The Morgan fingerprint density at radius 2 is 2.00 bits per heavy atom. The van der Waals surface area contributed by atoms with Gasteiger partial charge in [0.15, 0.2) is 0 Å². The number of carbonyl (C=O) groups excluding carboxylic acids is 2. The highest BCUT2D eigenvalue weighted by Gasteiger charge is 2.39. The summed E-state index contributed by atoms with van der Waals surface area (Å²) in [6.07, 6.45) is 11.3. The molecule has 0 aromatic carbocycles. The molecule has 9 nitrogen and oxygen atoms in total. The summed E-state index contributed by atoms with van der Waals surface area (Å²) in [5.41, 5.74) is 1.03. The topological polar surface area (TPSA) is 121 Å². The van der Waals surface area contributed by atoms with E-state index in [1.54, 1.807) is 17.8 Å². The van der Waals surface area contributed by atoms with E-state index in [1.165, 1.54) is 0 Å². The normalized spacial score (nSPS) is 30.0. The van der Waals surface area contributed by atoms with Gasteiger partial charge in [0.1, 0.15) is 18.6 Å². The molecule has 0 aliphatic carbocycles. The van der Waals surface area contributed by atoms with Gasteiger partial charge in [-0.1, -0.05) is 33.6 Å². The predicted molar refractivity (Wildman–Crippen MR) is 140 cm³/mol.